The number of halogens is 1. The summed E-state index contributed by atoms with van der Waals surface area (Å²) < 4.78 is 0. The van der Waals surface area contributed by atoms with E-state index in [1.165, 1.54) is 0 Å². The molecular formula is C22H28ClN3O2. The largest absolute Gasteiger partial charge is 0.385 e. The summed E-state index contributed by atoms with van der Waals surface area (Å²) in [5.41, 5.74) is 1.90. The number of aryl methyl sites for hydroxylation is 1. The van der Waals surface area contributed by atoms with E-state index in [4.69, 9.17) is 11.6 Å². The quantitative estimate of drug-likeness (QED) is 0.698. The van der Waals surface area contributed by atoms with Crippen LogP contribution in [0.4, 0.5) is 4.79 Å². The van der Waals surface area contributed by atoms with Crippen molar-refractivity contribution in [2.45, 2.75) is 57.7 Å². The van der Waals surface area contributed by atoms with Crippen LogP contribution in [0.1, 0.15) is 49.4 Å². The third-order valence-corrected chi connectivity index (χ3v) is 5.97. The van der Waals surface area contributed by atoms with E-state index in [-0.39, 0.29) is 18.0 Å². The number of aromatic nitrogens is 1. The number of amides is 2. The summed E-state index contributed by atoms with van der Waals surface area (Å²) in [6.45, 7) is 4.28. The van der Waals surface area contributed by atoms with Gasteiger partial charge in [-0.3, -0.25) is 4.98 Å². The van der Waals surface area contributed by atoms with Crippen molar-refractivity contribution in [2.75, 3.05) is 0 Å². The Labute approximate surface area is 171 Å². The first-order valence-electron chi connectivity index (χ1n) is 9.79. The standard InChI is InChI=1S/C22H28ClN3O2/c1-15-3-6-18(14-24-15)22(2,28)17-7-11-20(12-8-17)26-21(27)25-13-16-4-9-19(23)10-5-16/h3-6,9-10,14,17,20,28H,7-8,11-13H2,1-2H3,(H2,25,26,27). The van der Waals surface area contributed by atoms with Crippen LogP contribution in [-0.2, 0) is 12.1 Å². The highest BCUT2D eigenvalue weighted by molar-refractivity contribution is 6.30. The first-order valence-corrected chi connectivity index (χ1v) is 10.2. The van der Waals surface area contributed by atoms with Gasteiger partial charge < -0.3 is 15.7 Å². The van der Waals surface area contributed by atoms with Crippen molar-refractivity contribution in [3.05, 3.63) is 64.4 Å². The lowest BCUT2D eigenvalue weighted by molar-refractivity contribution is -0.0245. The van der Waals surface area contributed by atoms with Gasteiger partial charge >= 0.3 is 6.03 Å². The molecule has 5 nitrogen and oxygen atoms in total. The summed E-state index contributed by atoms with van der Waals surface area (Å²) >= 11 is 5.87. The van der Waals surface area contributed by atoms with Crippen molar-refractivity contribution in [3.8, 4) is 0 Å². The number of carbonyl (C=O) groups excluding carboxylic acids is 1. The maximum atomic E-state index is 12.2. The Morgan fingerprint density at radius 2 is 1.86 bits per heavy atom. The topological polar surface area (TPSA) is 74.2 Å². The first kappa shape index (κ1) is 20.6. The molecule has 150 valence electrons. The van der Waals surface area contributed by atoms with Gasteiger partial charge in [-0.05, 0) is 69.2 Å². The van der Waals surface area contributed by atoms with Crippen LogP contribution in [0, 0.1) is 12.8 Å². The zero-order valence-corrected chi connectivity index (χ0v) is 17.2. The lowest BCUT2D eigenvalue weighted by Crippen LogP contribution is -2.45. The molecule has 3 rings (SSSR count). The van der Waals surface area contributed by atoms with Gasteiger partial charge in [0, 0.05) is 35.1 Å². The predicted molar refractivity (Wildman–Crippen MR) is 111 cm³/mol. The van der Waals surface area contributed by atoms with Gasteiger partial charge in [-0.15, -0.1) is 0 Å². The van der Waals surface area contributed by atoms with Crippen molar-refractivity contribution in [1.82, 2.24) is 15.6 Å². The minimum atomic E-state index is -0.900. The molecule has 1 atom stereocenters. The van der Waals surface area contributed by atoms with Gasteiger partial charge in [0.05, 0.1) is 5.60 Å². The van der Waals surface area contributed by atoms with Gasteiger partial charge in [0.15, 0.2) is 0 Å². The molecule has 0 bridgehead atoms. The van der Waals surface area contributed by atoms with Crippen LogP contribution in [0.15, 0.2) is 42.6 Å². The number of hydrogen-bond donors (Lipinski definition) is 3. The lowest BCUT2D eigenvalue weighted by atomic mass is 9.73. The fourth-order valence-corrected chi connectivity index (χ4v) is 3.95. The lowest BCUT2D eigenvalue weighted by Gasteiger charge is -2.38. The molecule has 2 aromatic rings. The number of rotatable bonds is 5. The highest BCUT2D eigenvalue weighted by Gasteiger charge is 2.36. The van der Waals surface area contributed by atoms with Crippen LogP contribution < -0.4 is 10.6 Å². The van der Waals surface area contributed by atoms with E-state index >= 15 is 0 Å². The van der Waals surface area contributed by atoms with E-state index in [9.17, 15) is 9.90 Å². The fraction of sp³-hybridized carbons (Fsp3) is 0.455. The van der Waals surface area contributed by atoms with Crippen LogP contribution in [0.2, 0.25) is 5.02 Å². The average molecular weight is 402 g/mol. The second-order valence-corrected chi connectivity index (χ2v) is 8.27. The van der Waals surface area contributed by atoms with Crippen LogP contribution in [0.5, 0.6) is 0 Å². The molecule has 0 radical (unpaired) electrons. The van der Waals surface area contributed by atoms with Crippen molar-refractivity contribution >= 4 is 17.6 Å². The normalized spacial score (nSPS) is 21.6. The van der Waals surface area contributed by atoms with E-state index in [0.29, 0.717) is 11.6 Å². The number of nitrogens with zero attached hydrogens (tertiary/aromatic N) is 1. The van der Waals surface area contributed by atoms with Crippen LogP contribution in [0.25, 0.3) is 0 Å². The summed E-state index contributed by atoms with van der Waals surface area (Å²) in [7, 11) is 0. The molecule has 1 fully saturated rings. The smallest absolute Gasteiger partial charge is 0.315 e. The number of urea groups is 1. The summed E-state index contributed by atoms with van der Waals surface area (Å²) in [6, 6.07) is 11.3. The zero-order valence-electron chi connectivity index (χ0n) is 16.4. The molecule has 0 spiro atoms. The predicted octanol–water partition coefficient (Wildman–Crippen LogP) is 4.31. The molecular weight excluding hydrogens is 374 g/mol. The Hall–Kier alpha value is -2.11. The van der Waals surface area contributed by atoms with E-state index < -0.39 is 5.60 Å². The molecule has 1 aromatic carbocycles. The highest BCUT2D eigenvalue weighted by Crippen LogP contribution is 2.38. The Morgan fingerprint density at radius 3 is 2.46 bits per heavy atom. The number of carbonyl (C=O) groups is 1. The second kappa shape index (κ2) is 8.93. The molecule has 2 amide bonds. The number of hydrogen-bond acceptors (Lipinski definition) is 3. The molecule has 6 heteroatoms. The molecule has 0 saturated heterocycles. The maximum Gasteiger partial charge on any atom is 0.315 e. The van der Waals surface area contributed by atoms with Crippen LogP contribution in [-0.4, -0.2) is 22.2 Å². The van der Waals surface area contributed by atoms with E-state index in [0.717, 1.165) is 42.5 Å². The number of pyridine rings is 1. The molecule has 1 aliphatic carbocycles. The second-order valence-electron chi connectivity index (χ2n) is 7.84. The fourth-order valence-electron chi connectivity index (χ4n) is 3.82. The van der Waals surface area contributed by atoms with Gasteiger partial charge in [-0.25, -0.2) is 4.79 Å². The van der Waals surface area contributed by atoms with Gasteiger partial charge in [0.1, 0.15) is 0 Å². The SMILES string of the molecule is Cc1ccc(C(C)(O)C2CCC(NC(=O)NCc3ccc(Cl)cc3)CC2)cn1. The number of nitrogens with one attached hydrogen (secondary N) is 2. The van der Waals surface area contributed by atoms with E-state index in [2.05, 4.69) is 15.6 Å². The third kappa shape index (κ3) is 5.24. The summed E-state index contributed by atoms with van der Waals surface area (Å²) in [4.78, 5) is 16.5. The summed E-state index contributed by atoms with van der Waals surface area (Å²) in [5.74, 6) is 0.159. The van der Waals surface area contributed by atoms with Crippen molar-refractivity contribution in [2.24, 2.45) is 5.92 Å². The minimum absolute atomic E-state index is 0.133. The average Bonchev–Trinajstić information content (AvgIpc) is 2.68. The Morgan fingerprint density at radius 1 is 1.18 bits per heavy atom. The highest BCUT2D eigenvalue weighted by atomic mass is 35.5. The van der Waals surface area contributed by atoms with Crippen molar-refractivity contribution < 1.29 is 9.90 Å². The van der Waals surface area contributed by atoms with Crippen molar-refractivity contribution in [3.63, 3.8) is 0 Å². The molecule has 1 aliphatic rings. The molecule has 1 aromatic heterocycles. The molecule has 1 heterocycles. The van der Waals surface area contributed by atoms with E-state index in [1.54, 1.807) is 6.20 Å². The van der Waals surface area contributed by atoms with Crippen molar-refractivity contribution in [1.29, 1.82) is 0 Å². The van der Waals surface area contributed by atoms with Gasteiger partial charge in [-0.2, -0.15) is 0 Å². The molecule has 28 heavy (non-hydrogen) atoms. The van der Waals surface area contributed by atoms with Gasteiger partial charge in [-0.1, -0.05) is 29.8 Å². The van der Waals surface area contributed by atoms with Crippen LogP contribution >= 0.6 is 11.6 Å². The third-order valence-electron chi connectivity index (χ3n) is 5.72. The maximum absolute atomic E-state index is 12.2. The summed E-state index contributed by atoms with van der Waals surface area (Å²) in [5, 5.41) is 17.7. The van der Waals surface area contributed by atoms with E-state index in [1.807, 2.05) is 50.2 Å². The molecule has 0 aliphatic heterocycles. The number of benzene rings is 1. The Balaban J connectivity index is 1.46. The first-order chi connectivity index (χ1) is 13.3. The number of aliphatic hydroxyl groups is 1. The molecule has 1 saturated carbocycles. The Bertz CT molecular complexity index is 782. The van der Waals surface area contributed by atoms with Gasteiger partial charge in [0.25, 0.3) is 0 Å². The van der Waals surface area contributed by atoms with Gasteiger partial charge in [0.2, 0.25) is 0 Å². The zero-order chi connectivity index (χ0) is 20.1. The molecule has 1 unspecified atom stereocenters. The minimum Gasteiger partial charge on any atom is -0.385 e. The summed E-state index contributed by atoms with van der Waals surface area (Å²) in [6.07, 6.45) is 5.21. The Kier molecular flexibility index (Phi) is 6.57. The monoisotopic (exact) mass is 401 g/mol. The molecule has 3 N–H and O–H groups in total. The van der Waals surface area contributed by atoms with Crippen LogP contribution in [0.3, 0.4) is 0 Å².